The molecule has 1 N–H and O–H groups in total. The average Bonchev–Trinajstić information content (AvgIpc) is 1.83. The van der Waals surface area contributed by atoms with E-state index in [9.17, 15) is 0 Å². The van der Waals surface area contributed by atoms with Crippen molar-refractivity contribution in [3.63, 3.8) is 0 Å². The van der Waals surface area contributed by atoms with Crippen LogP contribution in [-0.2, 0) is 0 Å². The van der Waals surface area contributed by atoms with Crippen LogP contribution in [0.15, 0.2) is 11.9 Å². The summed E-state index contributed by atoms with van der Waals surface area (Å²) in [6.07, 6.45) is 2.06. The van der Waals surface area contributed by atoms with Gasteiger partial charge in [0.1, 0.15) is 0 Å². The highest BCUT2D eigenvalue weighted by Crippen LogP contribution is 2.07. The van der Waals surface area contributed by atoms with Gasteiger partial charge in [-0.15, -0.1) is 0 Å². The quantitative estimate of drug-likeness (QED) is 0.516. The fourth-order valence-corrected chi connectivity index (χ4v) is 0.964. The number of hydrogen-bond acceptors (Lipinski definition) is 2. The van der Waals surface area contributed by atoms with Crippen LogP contribution in [0, 0.1) is 0 Å². The van der Waals surface area contributed by atoms with E-state index in [1.807, 2.05) is 0 Å². The molecule has 0 unspecified atom stereocenters. The molecule has 0 radical (unpaired) electrons. The van der Waals surface area contributed by atoms with E-state index in [0.29, 0.717) is 6.04 Å². The van der Waals surface area contributed by atoms with Crippen molar-refractivity contribution in [1.29, 1.82) is 0 Å². The fourth-order valence-electron chi connectivity index (χ4n) is 0.964. The molecule has 0 bridgehead atoms. The minimum absolute atomic E-state index is 0.634. The Morgan fingerprint density at radius 1 is 1.78 bits per heavy atom. The highest BCUT2D eigenvalue weighted by Gasteiger charge is 2.11. The molecule has 1 heterocycles. The first-order valence-corrected chi connectivity index (χ1v) is 3.35. The summed E-state index contributed by atoms with van der Waals surface area (Å²) < 4.78 is 0. The summed E-state index contributed by atoms with van der Waals surface area (Å²) in [6.45, 7) is 5.39. The van der Waals surface area contributed by atoms with E-state index in [0.717, 1.165) is 6.54 Å². The van der Waals surface area contributed by atoms with Gasteiger partial charge in [-0.2, -0.15) is 0 Å². The van der Waals surface area contributed by atoms with Gasteiger partial charge in [-0.1, -0.05) is 0 Å². The van der Waals surface area contributed by atoms with Gasteiger partial charge in [0.25, 0.3) is 0 Å². The maximum atomic E-state index is 3.21. The topological polar surface area (TPSA) is 15.3 Å². The zero-order valence-electron chi connectivity index (χ0n) is 6.31. The summed E-state index contributed by atoms with van der Waals surface area (Å²) in [5, 5.41) is 3.21. The molecule has 0 aromatic heterocycles. The molecule has 0 fully saturated rings. The van der Waals surface area contributed by atoms with E-state index in [2.05, 4.69) is 37.3 Å². The average molecular weight is 126 g/mol. The lowest BCUT2D eigenvalue weighted by atomic mass is 10.2. The lowest BCUT2D eigenvalue weighted by Gasteiger charge is -2.31. The van der Waals surface area contributed by atoms with Crippen LogP contribution in [0.4, 0.5) is 0 Å². The van der Waals surface area contributed by atoms with E-state index in [-0.39, 0.29) is 0 Å². The summed E-state index contributed by atoms with van der Waals surface area (Å²) in [5.74, 6) is 0. The fraction of sp³-hybridized carbons (Fsp3) is 0.714. The summed E-state index contributed by atoms with van der Waals surface area (Å²) in [5.41, 5.74) is 1.31. The van der Waals surface area contributed by atoms with Crippen molar-refractivity contribution >= 4 is 0 Å². The molecule has 2 heteroatoms. The van der Waals surface area contributed by atoms with Crippen molar-refractivity contribution in [1.82, 2.24) is 10.2 Å². The van der Waals surface area contributed by atoms with Gasteiger partial charge in [-0.3, -0.25) is 0 Å². The minimum Gasteiger partial charge on any atom is -0.387 e. The van der Waals surface area contributed by atoms with Crippen molar-refractivity contribution in [3.8, 4) is 0 Å². The molecule has 0 amide bonds. The number of hydrogen-bond donors (Lipinski definition) is 1. The van der Waals surface area contributed by atoms with Crippen LogP contribution >= 0.6 is 0 Å². The Labute approximate surface area is 56.5 Å². The predicted molar refractivity (Wildman–Crippen MR) is 39.0 cm³/mol. The molecule has 1 atom stereocenters. The van der Waals surface area contributed by atoms with Crippen molar-refractivity contribution in [2.24, 2.45) is 0 Å². The van der Waals surface area contributed by atoms with Crippen molar-refractivity contribution < 1.29 is 0 Å². The Hall–Kier alpha value is -0.660. The summed E-state index contributed by atoms with van der Waals surface area (Å²) >= 11 is 0. The van der Waals surface area contributed by atoms with Crippen LogP contribution in [0.2, 0.25) is 0 Å². The Kier molecular flexibility index (Phi) is 1.65. The van der Waals surface area contributed by atoms with E-state index in [4.69, 9.17) is 0 Å². The first kappa shape index (κ1) is 6.46. The highest BCUT2D eigenvalue weighted by atomic mass is 15.2. The highest BCUT2D eigenvalue weighted by molar-refractivity contribution is 5.01. The minimum atomic E-state index is 0.634. The molecule has 1 rings (SSSR count). The largest absolute Gasteiger partial charge is 0.387 e. The Balaban J connectivity index is 2.62. The van der Waals surface area contributed by atoms with Crippen LogP contribution < -0.4 is 5.32 Å². The van der Waals surface area contributed by atoms with Gasteiger partial charge in [0.2, 0.25) is 0 Å². The number of nitrogens with zero attached hydrogens (tertiary/aromatic N) is 1. The van der Waals surface area contributed by atoms with Crippen LogP contribution in [0.5, 0.6) is 0 Å². The Morgan fingerprint density at radius 2 is 2.44 bits per heavy atom. The Morgan fingerprint density at radius 3 is 2.89 bits per heavy atom. The lowest BCUT2D eigenvalue weighted by molar-refractivity contribution is 0.299. The van der Waals surface area contributed by atoms with Crippen molar-refractivity contribution in [3.05, 3.63) is 11.9 Å². The molecular weight excluding hydrogens is 112 g/mol. The number of nitrogens with one attached hydrogen (secondary N) is 1. The Bertz CT molecular complexity index is 129. The van der Waals surface area contributed by atoms with Crippen molar-refractivity contribution in [2.75, 3.05) is 13.6 Å². The van der Waals surface area contributed by atoms with Gasteiger partial charge < -0.3 is 10.2 Å². The van der Waals surface area contributed by atoms with Gasteiger partial charge >= 0.3 is 0 Å². The SMILES string of the molecule is CC1=CNC[C@H](C)N1C. The zero-order valence-corrected chi connectivity index (χ0v) is 6.31. The van der Waals surface area contributed by atoms with E-state index >= 15 is 0 Å². The maximum Gasteiger partial charge on any atom is 0.0428 e. The molecular formula is C7H14N2. The maximum absolute atomic E-state index is 3.21. The molecule has 1 aliphatic heterocycles. The number of likely N-dealkylation sites (N-methyl/N-ethyl adjacent to an activating group) is 1. The molecule has 0 aromatic rings. The smallest absolute Gasteiger partial charge is 0.0428 e. The standard InChI is InChI=1S/C7H14N2/c1-6-4-8-5-7(2)9(6)3/h4,7-8H,5H2,1-3H3/t7-/m0/s1. The van der Waals surface area contributed by atoms with Gasteiger partial charge in [-0.05, 0) is 13.8 Å². The predicted octanol–water partition coefficient (Wildman–Crippen LogP) is 0.771. The van der Waals surface area contributed by atoms with E-state index in [1.54, 1.807) is 0 Å². The number of allylic oxidation sites excluding steroid dienone is 1. The van der Waals surface area contributed by atoms with Crippen LogP contribution in [-0.4, -0.2) is 24.5 Å². The van der Waals surface area contributed by atoms with Crippen LogP contribution in [0.1, 0.15) is 13.8 Å². The first-order valence-electron chi connectivity index (χ1n) is 3.35. The molecule has 2 nitrogen and oxygen atoms in total. The van der Waals surface area contributed by atoms with Crippen LogP contribution in [0.25, 0.3) is 0 Å². The molecule has 0 aromatic carbocycles. The molecule has 1 aliphatic rings. The van der Waals surface area contributed by atoms with E-state index in [1.165, 1.54) is 5.70 Å². The zero-order chi connectivity index (χ0) is 6.85. The van der Waals surface area contributed by atoms with Gasteiger partial charge in [0.15, 0.2) is 0 Å². The van der Waals surface area contributed by atoms with Gasteiger partial charge in [-0.25, -0.2) is 0 Å². The molecule has 9 heavy (non-hydrogen) atoms. The normalized spacial score (nSPS) is 27.2. The second kappa shape index (κ2) is 2.29. The summed E-state index contributed by atoms with van der Waals surface area (Å²) in [7, 11) is 2.12. The summed E-state index contributed by atoms with van der Waals surface area (Å²) in [6, 6.07) is 0.634. The second-order valence-corrected chi connectivity index (χ2v) is 2.65. The van der Waals surface area contributed by atoms with Crippen molar-refractivity contribution in [2.45, 2.75) is 19.9 Å². The van der Waals surface area contributed by atoms with Gasteiger partial charge in [0.05, 0.1) is 0 Å². The molecule has 52 valence electrons. The molecule has 0 spiro atoms. The van der Waals surface area contributed by atoms with Crippen LogP contribution in [0.3, 0.4) is 0 Å². The molecule has 0 saturated heterocycles. The monoisotopic (exact) mass is 126 g/mol. The second-order valence-electron chi connectivity index (χ2n) is 2.65. The number of rotatable bonds is 0. The third-order valence-corrected chi connectivity index (χ3v) is 1.94. The summed E-state index contributed by atoms with van der Waals surface area (Å²) in [4.78, 5) is 2.27. The third kappa shape index (κ3) is 1.18. The lowest BCUT2D eigenvalue weighted by Crippen LogP contribution is -2.39. The third-order valence-electron chi connectivity index (χ3n) is 1.94. The van der Waals surface area contributed by atoms with E-state index < -0.39 is 0 Å². The molecule has 0 aliphatic carbocycles. The first-order chi connectivity index (χ1) is 4.22. The van der Waals surface area contributed by atoms with Gasteiger partial charge in [0, 0.05) is 31.5 Å². The molecule has 0 saturated carbocycles.